The van der Waals surface area contributed by atoms with E-state index in [0.717, 1.165) is 35.1 Å². The Kier molecular flexibility index (Phi) is 12.0. The van der Waals surface area contributed by atoms with Crippen LogP contribution < -0.4 is 9.62 Å². The molecule has 0 aliphatic rings. The summed E-state index contributed by atoms with van der Waals surface area (Å²) in [6, 6.07) is 24.3. The van der Waals surface area contributed by atoms with Gasteiger partial charge in [-0.25, -0.2) is 8.42 Å². The SMILES string of the molecule is CCCCNC(=O)[C@H](Cc1ccccc1)N(Cc1ccccc1)C(=O)CCCN(c1cc(C)cc(C)c1)S(C)(=O)=O. The van der Waals surface area contributed by atoms with Gasteiger partial charge in [0.25, 0.3) is 0 Å². The lowest BCUT2D eigenvalue weighted by Crippen LogP contribution is -2.50. The Balaban J connectivity index is 1.86. The summed E-state index contributed by atoms with van der Waals surface area (Å²) in [6.45, 7) is 6.93. The molecule has 3 aromatic rings. The van der Waals surface area contributed by atoms with Crippen LogP contribution >= 0.6 is 0 Å². The van der Waals surface area contributed by atoms with Crippen molar-refractivity contribution in [2.45, 2.75) is 65.5 Å². The van der Waals surface area contributed by atoms with Crippen LogP contribution in [-0.2, 0) is 32.6 Å². The summed E-state index contributed by atoms with van der Waals surface area (Å²) in [4.78, 5) is 29.1. The van der Waals surface area contributed by atoms with Crippen LogP contribution in [0.15, 0.2) is 78.9 Å². The Bertz CT molecular complexity index is 1360. The molecule has 0 aliphatic carbocycles. The standard InChI is InChI=1S/C33H43N3O4S/c1-5-6-19-34-33(38)31(24-28-14-9-7-10-15-28)35(25-29-16-11-8-12-17-29)32(37)18-13-20-36(41(4,39)40)30-22-26(2)21-27(3)23-30/h7-12,14-17,21-23,31H,5-6,13,18-20,24-25H2,1-4H3,(H,34,38)/t31-/m0/s1. The lowest BCUT2D eigenvalue weighted by molar-refractivity contribution is -0.141. The van der Waals surface area contributed by atoms with Crippen molar-refractivity contribution in [3.63, 3.8) is 0 Å². The molecule has 0 heterocycles. The molecule has 220 valence electrons. The quantitative estimate of drug-likeness (QED) is 0.245. The average molecular weight is 578 g/mol. The fourth-order valence-electron chi connectivity index (χ4n) is 4.94. The van der Waals surface area contributed by atoms with E-state index in [2.05, 4.69) is 12.2 Å². The molecule has 0 aromatic heterocycles. The highest BCUT2D eigenvalue weighted by Crippen LogP contribution is 2.23. The number of amides is 2. The number of nitrogens with one attached hydrogen (secondary N) is 1. The van der Waals surface area contributed by atoms with Crippen molar-refractivity contribution < 1.29 is 18.0 Å². The van der Waals surface area contributed by atoms with Crippen LogP contribution in [0.1, 0.15) is 54.9 Å². The molecule has 1 N–H and O–H groups in total. The van der Waals surface area contributed by atoms with E-state index in [4.69, 9.17) is 0 Å². The van der Waals surface area contributed by atoms with Gasteiger partial charge in [-0.15, -0.1) is 0 Å². The highest BCUT2D eigenvalue weighted by atomic mass is 32.2. The Hall–Kier alpha value is -3.65. The van der Waals surface area contributed by atoms with Gasteiger partial charge >= 0.3 is 0 Å². The first kappa shape index (κ1) is 31.9. The van der Waals surface area contributed by atoms with E-state index < -0.39 is 16.1 Å². The third kappa shape index (κ3) is 10.0. The minimum absolute atomic E-state index is 0.108. The van der Waals surface area contributed by atoms with Crippen molar-refractivity contribution in [2.75, 3.05) is 23.7 Å². The van der Waals surface area contributed by atoms with Gasteiger partial charge in [-0.2, -0.15) is 0 Å². The van der Waals surface area contributed by atoms with Gasteiger partial charge in [0.1, 0.15) is 6.04 Å². The summed E-state index contributed by atoms with van der Waals surface area (Å²) >= 11 is 0. The molecule has 0 aliphatic heterocycles. The number of nitrogens with zero attached hydrogens (tertiary/aromatic N) is 2. The number of unbranched alkanes of at least 4 members (excludes halogenated alkanes) is 1. The number of anilines is 1. The van der Waals surface area contributed by atoms with E-state index in [0.29, 0.717) is 25.1 Å². The normalized spacial score (nSPS) is 12.0. The summed E-state index contributed by atoms with van der Waals surface area (Å²) in [6.07, 6.45) is 3.81. The lowest BCUT2D eigenvalue weighted by Gasteiger charge is -2.32. The maximum atomic E-state index is 13.9. The summed E-state index contributed by atoms with van der Waals surface area (Å²) in [5, 5.41) is 3.03. The second-order valence-electron chi connectivity index (χ2n) is 10.6. The number of hydrogen-bond donors (Lipinski definition) is 1. The summed E-state index contributed by atoms with van der Waals surface area (Å²) in [7, 11) is -3.56. The lowest BCUT2D eigenvalue weighted by atomic mass is 10.0. The Morgan fingerprint density at radius 2 is 1.44 bits per heavy atom. The van der Waals surface area contributed by atoms with Crippen LogP contribution in [0.3, 0.4) is 0 Å². The summed E-state index contributed by atoms with van der Waals surface area (Å²) < 4.78 is 26.8. The maximum Gasteiger partial charge on any atom is 0.243 e. The fraction of sp³-hybridized carbons (Fsp3) is 0.394. The molecule has 41 heavy (non-hydrogen) atoms. The van der Waals surface area contributed by atoms with Crippen molar-refractivity contribution in [2.24, 2.45) is 0 Å². The number of aryl methyl sites for hydroxylation is 2. The van der Waals surface area contributed by atoms with Gasteiger partial charge in [0.15, 0.2) is 0 Å². The van der Waals surface area contributed by atoms with Gasteiger partial charge in [0.05, 0.1) is 11.9 Å². The van der Waals surface area contributed by atoms with E-state index in [1.165, 1.54) is 10.6 Å². The Morgan fingerprint density at radius 3 is 2.00 bits per heavy atom. The molecule has 0 saturated carbocycles. The molecular formula is C33H43N3O4S. The van der Waals surface area contributed by atoms with Gasteiger partial charge < -0.3 is 10.2 Å². The molecule has 0 spiro atoms. The van der Waals surface area contributed by atoms with Crippen LogP contribution in [-0.4, -0.2) is 50.5 Å². The number of carbonyl (C=O) groups is 2. The van der Waals surface area contributed by atoms with Crippen LogP contribution in [0.5, 0.6) is 0 Å². The topological polar surface area (TPSA) is 86.8 Å². The molecule has 0 saturated heterocycles. The highest BCUT2D eigenvalue weighted by molar-refractivity contribution is 7.92. The zero-order chi connectivity index (χ0) is 29.8. The minimum atomic E-state index is -3.56. The van der Waals surface area contributed by atoms with E-state index >= 15 is 0 Å². The Labute approximate surface area is 245 Å². The van der Waals surface area contributed by atoms with E-state index in [1.54, 1.807) is 4.90 Å². The van der Waals surface area contributed by atoms with Crippen molar-refractivity contribution in [1.29, 1.82) is 0 Å². The molecule has 0 radical (unpaired) electrons. The summed E-state index contributed by atoms with van der Waals surface area (Å²) in [5.41, 5.74) is 4.42. The molecule has 0 unspecified atom stereocenters. The van der Waals surface area contributed by atoms with E-state index in [-0.39, 0.29) is 31.3 Å². The third-order valence-electron chi connectivity index (χ3n) is 6.94. The van der Waals surface area contributed by atoms with Crippen molar-refractivity contribution in [3.05, 3.63) is 101 Å². The van der Waals surface area contributed by atoms with Crippen LogP contribution in [0.2, 0.25) is 0 Å². The predicted octanol–water partition coefficient (Wildman–Crippen LogP) is 5.41. The molecule has 0 bridgehead atoms. The first-order valence-electron chi connectivity index (χ1n) is 14.3. The average Bonchev–Trinajstić information content (AvgIpc) is 2.93. The number of hydrogen-bond acceptors (Lipinski definition) is 4. The largest absolute Gasteiger partial charge is 0.354 e. The molecule has 8 heteroatoms. The number of carbonyl (C=O) groups excluding carboxylic acids is 2. The van der Waals surface area contributed by atoms with Crippen molar-refractivity contribution >= 4 is 27.5 Å². The first-order valence-corrected chi connectivity index (χ1v) is 16.1. The van der Waals surface area contributed by atoms with Crippen molar-refractivity contribution in [1.82, 2.24) is 10.2 Å². The molecular weight excluding hydrogens is 534 g/mol. The molecule has 7 nitrogen and oxygen atoms in total. The zero-order valence-electron chi connectivity index (χ0n) is 24.7. The first-order chi connectivity index (χ1) is 19.6. The molecule has 3 aromatic carbocycles. The second kappa shape index (κ2) is 15.4. The Morgan fingerprint density at radius 1 is 0.854 bits per heavy atom. The fourth-order valence-corrected chi connectivity index (χ4v) is 5.89. The van der Waals surface area contributed by atoms with E-state index in [1.807, 2.05) is 92.7 Å². The van der Waals surface area contributed by atoms with Gasteiger partial charge in [0, 0.05) is 32.5 Å². The molecule has 3 rings (SSSR count). The van der Waals surface area contributed by atoms with E-state index in [9.17, 15) is 18.0 Å². The smallest absolute Gasteiger partial charge is 0.243 e. The van der Waals surface area contributed by atoms with Gasteiger partial charge in [-0.1, -0.05) is 80.1 Å². The monoisotopic (exact) mass is 577 g/mol. The number of sulfonamides is 1. The van der Waals surface area contributed by atoms with Gasteiger partial charge in [-0.05, 0) is 61.1 Å². The third-order valence-corrected chi connectivity index (χ3v) is 8.14. The molecule has 2 amide bonds. The maximum absolute atomic E-state index is 13.9. The minimum Gasteiger partial charge on any atom is -0.354 e. The number of rotatable bonds is 15. The van der Waals surface area contributed by atoms with Gasteiger partial charge in [-0.3, -0.25) is 13.9 Å². The second-order valence-corrected chi connectivity index (χ2v) is 12.5. The molecule has 1 atom stereocenters. The predicted molar refractivity (Wildman–Crippen MR) is 166 cm³/mol. The number of benzene rings is 3. The van der Waals surface area contributed by atoms with Crippen LogP contribution in [0.4, 0.5) is 5.69 Å². The van der Waals surface area contributed by atoms with Crippen LogP contribution in [0, 0.1) is 13.8 Å². The highest BCUT2D eigenvalue weighted by Gasteiger charge is 2.30. The molecule has 0 fully saturated rings. The zero-order valence-corrected chi connectivity index (χ0v) is 25.5. The van der Waals surface area contributed by atoms with Crippen LogP contribution in [0.25, 0.3) is 0 Å². The van der Waals surface area contributed by atoms with Crippen molar-refractivity contribution in [3.8, 4) is 0 Å². The van der Waals surface area contributed by atoms with Gasteiger partial charge in [0.2, 0.25) is 21.8 Å². The summed E-state index contributed by atoms with van der Waals surface area (Å²) in [5.74, 6) is -0.367.